The SMILES string of the molecule is COc1ccc(N2CC[C@H](C)N(Cc3cccc4c3ccn4S(=O)(=O)c3ccc(C)cc3)C2=O)cc1OCCCCC1CC1. The second-order valence-corrected chi connectivity index (χ2v) is 13.9. The number of anilines is 1. The first-order chi connectivity index (χ1) is 21.3. The summed E-state index contributed by atoms with van der Waals surface area (Å²) in [6.45, 7) is 5.57. The lowest BCUT2D eigenvalue weighted by Crippen LogP contribution is -2.53. The van der Waals surface area contributed by atoms with E-state index in [1.165, 1.54) is 23.2 Å². The van der Waals surface area contributed by atoms with Crippen LogP contribution in [0.1, 0.15) is 56.6 Å². The molecule has 6 rings (SSSR count). The average Bonchev–Trinajstić information content (AvgIpc) is 3.74. The van der Waals surface area contributed by atoms with E-state index in [1.54, 1.807) is 42.5 Å². The number of benzene rings is 3. The van der Waals surface area contributed by atoms with Gasteiger partial charge in [-0.3, -0.25) is 4.90 Å². The van der Waals surface area contributed by atoms with Gasteiger partial charge in [-0.2, -0.15) is 0 Å². The molecule has 0 N–H and O–H groups in total. The van der Waals surface area contributed by atoms with Gasteiger partial charge in [0, 0.05) is 42.5 Å². The number of nitrogens with zero attached hydrogens (tertiary/aromatic N) is 3. The van der Waals surface area contributed by atoms with E-state index < -0.39 is 10.0 Å². The van der Waals surface area contributed by atoms with Gasteiger partial charge in [0.1, 0.15) is 0 Å². The first-order valence-electron chi connectivity index (χ1n) is 15.6. The zero-order chi connectivity index (χ0) is 30.8. The van der Waals surface area contributed by atoms with E-state index in [9.17, 15) is 13.2 Å². The van der Waals surface area contributed by atoms with Crippen molar-refractivity contribution in [3.8, 4) is 11.5 Å². The van der Waals surface area contributed by atoms with Crippen LogP contribution in [0.2, 0.25) is 0 Å². The molecule has 2 amide bonds. The molecule has 0 radical (unpaired) electrons. The Balaban J connectivity index is 1.21. The minimum atomic E-state index is -3.77. The number of hydrogen-bond donors (Lipinski definition) is 0. The van der Waals surface area contributed by atoms with E-state index in [0.29, 0.717) is 36.7 Å². The molecular formula is C35H41N3O5S. The number of unbranched alkanes of at least 4 members (excludes halogenated alkanes) is 1. The van der Waals surface area contributed by atoms with Crippen molar-refractivity contribution in [1.82, 2.24) is 8.87 Å². The van der Waals surface area contributed by atoms with E-state index in [4.69, 9.17) is 9.47 Å². The average molecular weight is 616 g/mol. The van der Waals surface area contributed by atoms with Gasteiger partial charge in [-0.25, -0.2) is 17.2 Å². The van der Waals surface area contributed by atoms with Crippen LogP contribution in [0.3, 0.4) is 0 Å². The Morgan fingerprint density at radius 2 is 1.73 bits per heavy atom. The smallest absolute Gasteiger partial charge is 0.325 e. The molecule has 0 unspecified atom stereocenters. The Kier molecular flexibility index (Phi) is 8.58. The first kappa shape index (κ1) is 30.1. The Hall–Kier alpha value is -3.98. The lowest BCUT2D eigenvalue weighted by Gasteiger charge is -2.40. The highest BCUT2D eigenvalue weighted by atomic mass is 32.2. The maximum Gasteiger partial charge on any atom is 0.325 e. The van der Waals surface area contributed by atoms with Crippen LogP contribution in [-0.2, 0) is 16.6 Å². The summed E-state index contributed by atoms with van der Waals surface area (Å²) in [6, 6.07) is 19.9. The third-order valence-electron chi connectivity index (χ3n) is 8.91. The number of aromatic nitrogens is 1. The van der Waals surface area contributed by atoms with Crippen LogP contribution in [0.5, 0.6) is 11.5 Å². The largest absolute Gasteiger partial charge is 0.493 e. The van der Waals surface area contributed by atoms with Crippen molar-refractivity contribution in [1.29, 1.82) is 0 Å². The standard InChI is InChI=1S/C35H41N3O5S/c1-25-10-15-30(16-11-25)44(40,41)38-21-19-31-28(8-6-9-32(31)38)24-37-26(2)18-20-36(35(37)39)29-14-17-33(42-3)34(23-29)43-22-5-4-7-27-12-13-27/h6,8-11,14-17,19,21,23,26-27H,4-5,7,12-13,18,20,22,24H2,1-3H3/t26-/m0/s1. The molecule has 1 aliphatic heterocycles. The summed E-state index contributed by atoms with van der Waals surface area (Å²) >= 11 is 0. The van der Waals surface area contributed by atoms with Crippen LogP contribution in [0.4, 0.5) is 10.5 Å². The van der Waals surface area contributed by atoms with Crippen LogP contribution >= 0.6 is 0 Å². The highest BCUT2D eigenvalue weighted by molar-refractivity contribution is 7.90. The van der Waals surface area contributed by atoms with Gasteiger partial charge < -0.3 is 14.4 Å². The molecule has 8 nitrogen and oxygen atoms in total. The van der Waals surface area contributed by atoms with Crippen molar-refractivity contribution in [2.24, 2.45) is 5.92 Å². The van der Waals surface area contributed by atoms with Crippen molar-refractivity contribution >= 4 is 32.6 Å². The van der Waals surface area contributed by atoms with Crippen molar-refractivity contribution in [2.75, 3.05) is 25.2 Å². The van der Waals surface area contributed by atoms with Crippen LogP contribution in [0.25, 0.3) is 10.9 Å². The summed E-state index contributed by atoms with van der Waals surface area (Å²) in [5.41, 5.74) is 3.25. The normalized spacial score (nSPS) is 17.3. The van der Waals surface area contributed by atoms with E-state index in [2.05, 4.69) is 6.92 Å². The van der Waals surface area contributed by atoms with Crippen molar-refractivity contribution in [2.45, 2.75) is 69.9 Å². The number of carbonyl (C=O) groups is 1. The molecule has 9 heteroatoms. The summed E-state index contributed by atoms with van der Waals surface area (Å²) in [5.74, 6) is 2.22. The molecule has 1 atom stereocenters. The fraction of sp³-hybridized carbons (Fsp3) is 0.400. The van der Waals surface area contributed by atoms with E-state index >= 15 is 0 Å². The zero-order valence-electron chi connectivity index (χ0n) is 25.7. The predicted molar refractivity (Wildman–Crippen MR) is 173 cm³/mol. The summed E-state index contributed by atoms with van der Waals surface area (Å²) in [6.07, 6.45) is 8.57. The van der Waals surface area contributed by atoms with Gasteiger partial charge in [-0.05, 0) is 81.0 Å². The second-order valence-electron chi connectivity index (χ2n) is 12.1. The number of rotatable bonds is 12. The lowest BCUT2D eigenvalue weighted by atomic mass is 10.1. The first-order valence-corrected chi connectivity index (χ1v) is 17.0. The molecule has 2 fully saturated rings. The fourth-order valence-electron chi connectivity index (χ4n) is 6.01. The number of carbonyl (C=O) groups excluding carboxylic acids is 1. The minimum absolute atomic E-state index is 0.0211. The number of fused-ring (bicyclic) bond motifs is 1. The highest BCUT2D eigenvalue weighted by Gasteiger charge is 2.33. The summed E-state index contributed by atoms with van der Waals surface area (Å²) in [4.78, 5) is 17.9. The lowest BCUT2D eigenvalue weighted by molar-refractivity contribution is 0.166. The van der Waals surface area contributed by atoms with Crippen molar-refractivity contribution in [3.63, 3.8) is 0 Å². The van der Waals surface area contributed by atoms with E-state index in [-0.39, 0.29) is 17.0 Å². The maximum absolute atomic E-state index is 14.0. The van der Waals surface area contributed by atoms with Gasteiger partial charge in [0.05, 0.1) is 24.1 Å². The number of ether oxygens (including phenoxy) is 2. The Morgan fingerprint density at radius 3 is 2.48 bits per heavy atom. The molecule has 1 aromatic heterocycles. The molecule has 0 spiro atoms. The maximum atomic E-state index is 14.0. The number of aryl methyl sites for hydroxylation is 1. The molecule has 1 saturated heterocycles. The molecule has 2 heterocycles. The van der Waals surface area contributed by atoms with Crippen LogP contribution in [0, 0.1) is 12.8 Å². The van der Waals surface area contributed by atoms with Gasteiger partial charge in [0.15, 0.2) is 11.5 Å². The number of methoxy groups -OCH3 is 1. The number of amides is 2. The van der Waals surface area contributed by atoms with Gasteiger partial charge in [0.2, 0.25) is 0 Å². The van der Waals surface area contributed by atoms with Crippen molar-refractivity contribution in [3.05, 3.63) is 84.1 Å². The van der Waals surface area contributed by atoms with Crippen molar-refractivity contribution < 1.29 is 22.7 Å². The molecule has 0 bridgehead atoms. The Morgan fingerprint density at radius 1 is 0.932 bits per heavy atom. The van der Waals surface area contributed by atoms with Gasteiger partial charge in [0.25, 0.3) is 10.0 Å². The highest BCUT2D eigenvalue weighted by Crippen LogP contribution is 2.36. The van der Waals surface area contributed by atoms with Gasteiger partial charge in [-0.1, -0.05) is 49.1 Å². The molecule has 4 aromatic rings. The summed E-state index contributed by atoms with van der Waals surface area (Å²) in [7, 11) is -2.14. The molecular weight excluding hydrogens is 574 g/mol. The topological polar surface area (TPSA) is 81.1 Å². The molecule has 3 aromatic carbocycles. The molecule has 232 valence electrons. The van der Waals surface area contributed by atoms with Crippen LogP contribution < -0.4 is 14.4 Å². The summed E-state index contributed by atoms with van der Waals surface area (Å²) in [5, 5.41) is 0.808. The molecule has 1 saturated carbocycles. The Labute approximate surface area is 260 Å². The second kappa shape index (κ2) is 12.6. The van der Waals surface area contributed by atoms with Crippen LogP contribution in [-0.4, -0.2) is 49.6 Å². The molecule has 44 heavy (non-hydrogen) atoms. The monoisotopic (exact) mass is 615 g/mol. The fourth-order valence-corrected chi connectivity index (χ4v) is 7.35. The van der Waals surface area contributed by atoms with Gasteiger partial charge >= 0.3 is 6.03 Å². The molecule has 2 aliphatic rings. The van der Waals surface area contributed by atoms with Crippen LogP contribution in [0.15, 0.2) is 77.8 Å². The number of urea groups is 1. The third kappa shape index (κ3) is 6.15. The third-order valence-corrected chi connectivity index (χ3v) is 10.6. The van der Waals surface area contributed by atoms with Gasteiger partial charge in [-0.15, -0.1) is 0 Å². The zero-order valence-corrected chi connectivity index (χ0v) is 26.6. The molecule has 1 aliphatic carbocycles. The Bertz CT molecular complexity index is 1740. The summed E-state index contributed by atoms with van der Waals surface area (Å²) < 4.78 is 40.0. The minimum Gasteiger partial charge on any atom is -0.493 e. The number of hydrogen-bond acceptors (Lipinski definition) is 5. The quantitative estimate of drug-likeness (QED) is 0.155. The van der Waals surface area contributed by atoms with E-state index in [0.717, 1.165) is 47.4 Å². The van der Waals surface area contributed by atoms with E-state index in [1.807, 2.05) is 54.3 Å². The predicted octanol–water partition coefficient (Wildman–Crippen LogP) is 7.38.